The summed E-state index contributed by atoms with van der Waals surface area (Å²) in [7, 11) is 1.79. The fourth-order valence-electron chi connectivity index (χ4n) is 2.81. The van der Waals surface area contributed by atoms with Crippen molar-refractivity contribution < 1.29 is 13.6 Å². The highest BCUT2D eigenvalue weighted by atomic mass is 19.1. The number of aromatic nitrogens is 1. The summed E-state index contributed by atoms with van der Waals surface area (Å²) >= 11 is 0. The van der Waals surface area contributed by atoms with Gasteiger partial charge in [0.05, 0.1) is 11.6 Å². The summed E-state index contributed by atoms with van der Waals surface area (Å²) in [4.78, 5) is 18.2. The number of hydrogen-bond donors (Lipinski definition) is 0. The van der Waals surface area contributed by atoms with Crippen LogP contribution in [0.3, 0.4) is 0 Å². The summed E-state index contributed by atoms with van der Waals surface area (Å²) in [5.74, 6) is 0.846. The Morgan fingerprint density at radius 3 is 2.62 bits per heavy atom. The van der Waals surface area contributed by atoms with Gasteiger partial charge in [-0.15, -0.1) is 0 Å². The zero-order chi connectivity index (χ0) is 18.5. The fourth-order valence-corrected chi connectivity index (χ4v) is 2.81. The lowest BCUT2D eigenvalue weighted by molar-refractivity contribution is -0.131. The third-order valence-corrected chi connectivity index (χ3v) is 4.55. The van der Waals surface area contributed by atoms with E-state index in [1.54, 1.807) is 54.7 Å². The maximum Gasteiger partial charge on any atom is 0.223 e. The Balaban J connectivity index is 1.61. The zero-order valence-corrected chi connectivity index (χ0v) is 14.9. The first-order valence-electron chi connectivity index (χ1n) is 8.55. The number of pyridine rings is 1. The molecule has 3 aromatic rings. The van der Waals surface area contributed by atoms with Crippen LogP contribution in [0.1, 0.15) is 30.7 Å². The Bertz CT molecular complexity index is 876. The lowest BCUT2D eigenvalue weighted by Crippen LogP contribution is -2.29. The molecule has 0 aliphatic carbocycles. The van der Waals surface area contributed by atoms with Gasteiger partial charge in [0.25, 0.3) is 0 Å². The van der Waals surface area contributed by atoms with E-state index in [1.807, 2.05) is 19.1 Å². The van der Waals surface area contributed by atoms with Gasteiger partial charge in [-0.2, -0.15) is 0 Å². The van der Waals surface area contributed by atoms with Crippen molar-refractivity contribution in [3.05, 3.63) is 78.1 Å². The average molecular weight is 352 g/mol. The van der Waals surface area contributed by atoms with Gasteiger partial charge < -0.3 is 9.32 Å². The molecule has 0 spiro atoms. The monoisotopic (exact) mass is 352 g/mol. The summed E-state index contributed by atoms with van der Waals surface area (Å²) in [6, 6.07) is 13.8. The molecule has 0 saturated carbocycles. The molecule has 0 fully saturated rings. The molecule has 0 N–H and O–H groups in total. The molecule has 26 heavy (non-hydrogen) atoms. The molecule has 0 bridgehead atoms. The van der Waals surface area contributed by atoms with Gasteiger partial charge in [-0.3, -0.25) is 9.78 Å². The van der Waals surface area contributed by atoms with Crippen molar-refractivity contribution in [2.24, 2.45) is 0 Å². The molecule has 1 amide bonds. The summed E-state index contributed by atoms with van der Waals surface area (Å²) in [5.41, 5.74) is 1.46. The van der Waals surface area contributed by atoms with Crippen LogP contribution in [0, 0.1) is 5.82 Å². The first kappa shape index (κ1) is 17.9. The molecule has 1 unspecified atom stereocenters. The predicted molar refractivity (Wildman–Crippen MR) is 97.8 cm³/mol. The summed E-state index contributed by atoms with van der Waals surface area (Å²) in [6.45, 7) is 1.98. The van der Waals surface area contributed by atoms with Gasteiger partial charge in [0.2, 0.25) is 5.91 Å². The van der Waals surface area contributed by atoms with Crippen molar-refractivity contribution in [2.75, 3.05) is 7.05 Å². The number of furan rings is 1. The topological polar surface area (TPSA) is 46.3 Å². The number of aryl methyl sites for hydroxylation is 1. The van der Waals surface area contributed by atoms with E-state index in [9.17, 15) is 9.18 Å². The van der Waals surface area contributed by atoms with Gasteiger partial charge in [-0.05, 0) is 48.9 Å². The molecular formula is C21H21FN2O2. The van der Waals surface area contributed by atoms with Crippen LogP contribution in [0.25, 0.3) is 11.3 Å². The Morgan fingerprint density at radius 2 is 1.88 bits per heavy atom. The normalized spacial score (nSPS) is 12.0. The van der Waals surface area contributed by atoms with Gasteiger partial charge in [0, 0.05) is 32.3 Å². The Morgan fingerprint density at radius 1 is 1.15 bits per heavy atom. The van der Waals surface area contributed by atoms with E-state index in [0.717, 1.165) is 5.56 Å². The van der Waals surface area contributed by atoms with Crippen molar-refractivity contribution >= 4 is 5.91 Å². The molecule has 5 heteroatoms. The van der Waals surface area contributed by atoms with Crippen LogP contribution < -0.4 is 0 Å². The van der Waals surface area contributed by atoms with Gasteiger partial charge in [-0.1, -0.05) is 12.1 Å². The maximum atomic E-state index is 13.8. The van der Waals surface area contributed by atoms with E-state index in [0.29, 0.717) is 29.9 Å². The van der Waals surface area contributed by atoms with Crippen LogP contribution in [0.15, 0.2) is 65.3 Å². The summed E-state index contributed by atoms with van der Waals surface area (Å²) < 4.78 is 19.5. The second-order valence-electron chi connectivity index (χ2n) is 6.21. The SMILES string of the molecule is CC(c1ccncc1)N(C)C(=O)CCc1ccc(-c2ccccc2F)o1. The highest BCUT2D eigenvalue weighted by Crippen LogP contribution is 2.25. The third-order valence-electron chi connectivity index (χ3n) is 4.55. The minimum Gasteiger partial charge on any atom is -0.461 e. The Kier molecular flexibility index (Phi) is 5.46. The van der Waals surface area contributed by atoms with E-state index in [4.69, 9.17) is 4.42 Å². The second kappa shape index (κ2) is 7.95. The smallest absolute Gasteiger partial charge is 0.223 e. The molecule has 0 saturated heterocycles. The molecule has 0 aliphatic heterocycles. The molecule has 4 nitrogen and oxygen atoms in total. The van der Waals surface area contributed by atoms with Crippen LogP contribution in [-0.2, 0) is 11.2 Å². The van der Waals surface area contributed by atoms with Crippen molar-refractivity contribution in [3.8, 4) is 11.3 Å². The summed E-state index contributed by atoms with van der Waals surface area (Å²) in [6.07, 6.45) is 4.24. The number of carbonyl (C=O) groups is 1. The molecule has 1 aromatic carbocycles. The van der Waals surface area contributed by atoms with Gasteiger partial charge in [-0.25, -0.2) is 4.39 Å². The first-order valence-corrected chi connectivity index (χ1v) is 8.55. The lowest BCUT2D eigenvalue weighted by Gasteiger charge is -2.25. The van der Waals surface area contributed by atoms with Crippen molar-refractivity contribution in [3.63, 3.8) is 0 Å². The maximum absolute atomic E-state index is 13.8. The number of hydrogen-bond acceptors (Lipinski definition) is 3. The van der Waals surface area contributed by atoms with Crippen LogP contribution >= 0.6 is 0 Å². The number of halogens is 1. The van der Waals surface area contributed by atoms with E-state index < -0.39 is 0 Å². The van der Waals surface area contributed by atoms with Gasteiger partial charge >= 0.3 is 0 Å². The average Bonchev–Trinajstić information content (AvgIpc) is 3.14. The molecule has 2 aromatic heterocycles. The lowest BCUT2D eigenvalue weighted by atomic mass is 10.1. The van der Waals surface area contributed by atoms with Crippen LogP contribution in [0.5, 0.6) is 0 Å². The van der Waals surface area contributed by atoms with Crippen LogP contribution in [0.4, 0.5) is 4.39 Å². The van der Waals surface area contributed by atoms with Gasteiger partial charge in [0.1, 0.15) is 17.3 Å². The first-order chi connectivity index (χ1) is 12.6. The highest BCUT2D eigenvalue weighted by Gasteiger charge is 2.18. The quantitative estimate of drug-likeness (QED) is 0.650. The third kappa shape index (κ3) is 3.99. The summed E-state index contributed by atoms with van der Waals surface area (Å²) in [5, 5.41) is 0. The molecule has 0 aliphatic rings. The molecule has 3 rings (SSSR count). The number of nitrogens with zero attached hydrogens (tertiary/aromatic N) is 2. The fraction of sp³-hybridized carbons (Fsp3) is 0.238. The van der Waals surface area contributed by atoms with Crippen molar-refractivity contribution in [1.82, 2.24) is 9.88 Å². The van der Waals surface area contributed by atoms with Crippen LogP contribution in [0.2, 0.25) is 0 Å². The Hall–Kier alpha value is -2.95. The van der Waals surface area contributed by atoms with Crippen molar-refractivity contribution in [2.45, 2.75) is 25.8 Å². The van der Waals surface area contributed by atoms with Gasteiger partial charge in [0.15, 0.2) is 0 Å². The number of amides is 1. The van der Waals surface area contributed by atoms with Crippen molar-refractivity contribution in [1.29, 1.82) is 0 Å². The minimum atomic E-state index is -0.324. The number of carbonyl (C=O) groups excluding carboxylic acids is 1. The predicted octanol–water partition coefficient (Wildman–Crippen LogP) is 4.63. The Labute approximate surface area is 152 Å². The molecule has 1 atom stereocenters. The van der Waals surface area contributed by atoms with E-state index in [1.165, 1.54) is 6.07 Å². The molecule has 134 valence electrons. The molecule has 0 radical (unpaired) electrons. The molecular weight excluding hydrogens is 331 g/mol. The van der Waals surface area contributed by atoms with Crippen LogP contribution in [-0.4, -0.2) is 22.8 Å². The van der Waals surface area contributed by atoms with E-state index >= 15 is 0 Å². The number of benzene rings is 1. The van der Waals surface area contributed by atoms with E-state index in [-0.39, 0.29) is 17.8 Å². The zero-order valence-electron chi connectivity index (χ0n) is 14.9. The second-order valence-corrected chi connectivity index (χ2v) is 6.21. The molecule has 2 heterocycles. The van der Waals surface area contributed by atoms with E-state index in [2.05, 4.69) is 4.98 Å². The highest BCUT2D eigenvalue weighted by molar-refractivity contribution is 5.76. The number of rotatable bonds is 6. The minimum absolute atomic E-state index is 0.0261. The largest absolute Gasteiger partial charge is 0.461 e. The standard InChI is InChI=1S/C21H21FN2O2/c1-15(16-11-13-23-14-12-16)24(2)21(25)10-8-17-7-9-20(26-17)18-5-3-4-6-19(18)22/h3-7,9,11-15H,8,10H2,1-2H3.